The minimum absolute atomic E-state index is 0. The Morgan fingerprint density at radius 2 is 2.06 bits per heavy atom. The Morgan fingerprint density at radius 1 is 1.41 bits per heavy atom. The number of nitrogens with zero attached hydrogens (tertiary/aromatic N) is 2. The molecular weight excluding hydrogens is 262 g/mol. The van der Waals surface area contributed by atoms with E-state index in [-0.39, 0.29) is 18.4 Å². The lowest BCUT2D eigenvalue weighted by atomic mass is 10.3. The molecule has 2 aliphatic rings. The quantitative estimate of drug-likeness (QED) is 0.807. The van der Waals surface area contributed by atoms with E-state index in [4.69, 9.17) is 0 Å². The smallest absolute Gasteiger partial charge is 0.281 e. The highest BCUT2D eigenvalue weighted by Gasteiger charge is 2.33. The standard InChI is InChI=1S/C10H21N3O2S.ClH/c1-9-7-13(6-5-11-9)16(14,15)12(2)8-10-3-4-10;/h9-11H,3-8H2,1-2H3;1H. The van der Waals surface area contributed by atoms with E-state index in [9.17, 15) is 8.42 Å². The molecular formula is C10H22ClN3O2S. The van der Waals surface area contributed by atoms with Gasteiger partial charge in [-0.25, -0.2) is 0 Å². The molecule has 1 atom stereocenters. The first-order valence-electron chi connectivity index (χ1n) is 5.95. The minimum atomic E-state index is -3.22. The molecule has 102 valence electrons. The molecule has 0 bridgehead atoms. The number of rotatable bonds is 4. The lowest BCUT2D eigenvalue weighted by Crippen LogP contribution is -2.54. The molecule has 0 spiro atoms. The van der Waals surface area contributed by atoms with E-state index in [2.05, 4.69) is 5.32 Å². The Bertz CT molecular complexity index is 345. The molecule has 0 amide bonds. The van der Waals surface area contributed by atoms with Crippen LogP contribution in [0.15, 0.2) is 0 Å². The zero-order chi connectivity index (χ0) is 11.8. The van der Waals surface area contributed by atoms with Crippen molar-refractivity contribution in [1.82, 2.24) is 13.9 Å². The van der Waals surface area contributed by atoms with Crippen molar-refractivity contribution in [3.63, 3.8) is 0 Å². The molecule has 2 rings (SSSR count). The second kappa shape index (κ2) is 5.84. The van der Waals surface area contributed by atoms with E-state index >= 15 is 0 Å². The average molecular weight is 284 g/mol. The summed E-state index contributed by atoms with van der Waals surface area (Å²) in [6.07, 6.45) is 2.36. The van der Waals surface area contributed by atoms with E-state index in [1.54, 1.807) is 11.4 Å². The molecule has 1 saturated heterocycles. The predicted octanol–water partition coefficient (Wildman–Crippen LogP) is 0.288. The van der Waals surface area contributed by atoms with Gasteiger partial charge in [-0.15, -0.1) is 12.4 Å². The van der Waals surface area contributed by atoms with E-state index in [1.807, 2.05) is 6.92 Å². The molecule has 2 fully saturated rings. The van der Waals surface area contributed by atoms with Crippen molar-refractivity contribution in [2.45, 2.75) is 25.8 Å². The Kier molecular flexibility index (Phi) is 5.21. The minimum Gasteiger partial charge on any atom is -0.312 e. The van der Waals surface area contributed by atoms with Crippen LogP contribution >= 0.6 is 12.4 Å². The van der Waals surface area contributed by atoms with E-state index in [1.165, 1.54) is 17.1 Å². The zero-order valence-electron chi connectivity index (χ0n) is 10.4. The van der Waals surface area contributed by atoms with Crippen molar-refractivity contribution in [2.24, 2.45) is 5.92 Å². The fraction of sp³-hybridized carbons (Fsp3) is 1.00. The summed E-state index contributed by atoms with van der Waals surface area (Å²) in [7, 11) is -1.53. The Morgan fingerprint density at radius 3 is 2.59 bits per heavy atom. The molecule has 1 saturated carbocycles. The van der Waals surface area contributed by atoms with Gasteiger partial charge >= 0.3 is 0 Å². The molecule has 7 heteroatoms. The molecule has 1 heterocycles. The molecule has 17 heavy (non-hydrogen) atoms. The SMILES string of the molecule is CC1CN(S(=O)(=O)N(C)CC2CC2)CCN1.Cl. The van der Waals surface area contributed by atoms with Crippen LogP contribution in [0.2, 0.25) is 0 Å². The maximum atomic E-state index is 12.2. The summed E-state index contributed by atoms with van der Waals surface area (Å²) in [6.45, 7) is 4.61. The van der Waals surface area contributed by atoms with Crippen LogP contribution in [-0.2, 0) is 10.2 Å². The summed E-state index contributed by atoms with van der Waals surface area (Å²) in [5, 5.41) is 3.25. The highest BCUT2D eigenvalue weighted by Crippen LogP contribution is 2.30. The van der Waals surface area contributed by atoms with Crippen molar-refractivity contribution < 1.29 is 8.42 Å². The Labute approximate surface area is 110 Å². The van der Waals surface area contributed by atoms with Gasteiger partial charge in [0.25, 0.3) is 10.2 Å². The first kappa shape index (κ1) is 15.2. The molecule has 0 radical (unpaired) electrons. The van der Waals surface area contributed by atoms with Crippen molar-refractivity contribution in [3.05, 3.63) is 0 Å². The Hall–Kier alpha value is 0.120. The predicted molar refractivity (Wildman–Crippen MR) is 70.6 cm³/mol. The third-order valence-electron chi connectivity index (χ3n) is 3.26. The molecule has 1 N–H and O–H groups in total. The number of hydrogen-bond donors (Lipinski definition) is 1. The van der Waals surface area contributed by atoms with E-state index in [0.717, 1.165) is 6.54 Å². The van der Waals surface area contributed by atoms with Gasteiger partial charge in [0.1, 0.15) is 0 Å². The van der Waals surface area contributed by atoms with Gasteiger partial charge in [-0.05, 0) is 25.7 Å². The summed E-state index contributed by atoms with van der Waals surface area (Å²) in [5.74, 6) is 0.597. The topological polar surface area (TPSA) is 52.7 Å². The van der Waals surface area contributed by atoms with Crippen molar-refractivity contribution in [3.8, 4) is 0 Å². The van der Waals surface area contributed by atoms with Crippen LogP contribution in [0.5, 0.6) is 0 Å². The lowest BCUT2D eigenvalue weighted by molar-refractivity contribution is 0.287. The number of halogens is 1. The maximum absolute atomic E-state index is 12.2. The molecule has 5 nitrogen and oxygen atoms in total. The zero-order valence-corrected chi connectivity index (χ0v) is 12.1. The van der Waals surface area contributed by atoms with Crippen molar-refractivity contribution >= 4 is 22.6 Å². The maximum Gasteiger partial charge on any atom is 0.281 e. The average Bonchev–Trinajstić information content (AvgIpc) is 3.01. The van der Waals surface area contributed by atoms with Gasteiger partial charge < -0.3 is 5.32 Å². The fourth-order valence-corrected chi connectivity index (χ4v) is 3.59. The summed E-state index contributed by atoms with van der Waals surface area (Å²) >= 11 is 0. The monoisotopic (exact) mass is 283 g/mol. The van der Waals surface area contributed by atoms with Crippen LogP contribution in [0.25, 0.3) is 0 Å². The van der Waals surface area contributed by atoms with Crippen LogP contribution in [0.3, 0.4) is 0 Å². The van der Waals surface area contributed by atoms with Gasteiger partial charge in [0.2, 0.25) is 0 Å². The van der Waals surface area contributed by atoms with Gasteiger partial charge in [0, 0.05) is 39.3 Å². The molecule has 1 aliphatic heterocycles. The number of nitrogens with one attached hydrogen (secondary N) is 1. The first-order valence-corrected chi connectivity index (χ1v) is 7.34. The van der Waals surface area contributed by atoms with Crippen LogP contribution in [0.4, 0.5) is 0 Å². The van der Waals surface area contributed by atoms with Crippen LogP contribution in [0, 0.1) is 5.92 Å². The summed E-state index contributed by atoms with van der Waals surface area (Å²) < 4.78 is 27.5. The molecule has 0 aromatic heterocycles. The van der Waals surface area contributed by atoms with Gasteiger partial charge in [-0.2, -0.15) is 17.0 Å². The van der Waals surface area contributed by atoms with Crippen LogP contribution in [-0.4, -0.2) is 56.3 Å². The summed E-state index contributed by atoms with van der Waals surface area (Å²) in [6, 6.07) is 0.248. The number of hydrogen-bond acceptors (Lipinski definition) is 3. The lowest BCUT2D eigenvalue weighted by Gasteiger charge is -2.33. The molecule has 1 unspecified atom stereocenters. The molecule has 0 aromatic rings. The van der Waals surface area contributed by atoms with Gasteiger partial charge in [-0.1, -0.05) is 0 Å². The highest BCUT2D eigenvalue weighted by atomic mass is 35.5. The van der Waals surface area contributed by atoms with Gasteiger partial charge in [-0.3, -0.25) is 0 Å². The van der Waals surface area contributed by atoms with E-state index in [0.29, 0.717) is 25.6 Å². The van der Waals surface area contributed by atoms with Crippen LogP contribution < -0.4 is 5.32 Å². The fourth-order valence-electron chi connectivity index (χ4n) is 2.06. The second-order valence-corrected chi connectivity index (χ2v) is 6.98. The van der Waals surface area contributed by atoms with Gasteiger partial charge in [0.15, 0.2) is 0 Å². The normalized spacial score (nSPS) is 26.9. The second-order valence-electron chi connectivity index (χ2n) is 4.94. The van der Waals surface area contributed by atoms with Crippen molar-refractivity contribution in [1.29, 1.82) is 0 Å². The third-order valence-corrected chi connectivity index (χ3v) is 5.18. The third kappa shape index (κ3) is 3.79. The molecule has 1 aliphatic carbocycles. The first-order chi connectivity index (χ1) is 7.50. The highest BCUT2D eigenvalue weighted by molar-refractivity contribution is 7.86. The largest absolute Gasteiger partial charge is 0.312 e. The van der Waals surface area contributed by atoms with Crippen LogP contribution in [0.1, 0.15) is 19.8 Å². The van der Waals surface area contributed by atoms with E-state index < -0.39 is 10.2 Å². The Balaban J connectivity index is 0.00000144. The van der Waals surface area contributed by atoms with Crippen molar-refractivity contribution in [2.75, 3.05) is 33.2 Å². The summed E-state index contributed by atoms with van der Waals surface area (Å²) in [4.78, 5) is 0. The summed E-state index contributed by atoms with van der Waals surface area (Å²) in [5.41, 5.74) is 0. The van der Waals surface area contributed by atoms with Gasteiger partial charge in [0.05, 0.1) is 0 Å². The molecule has 0 aromatic carbocycles. The number of piperazine rings is 1.